The van der Waals surface area contributed by atoms with Gasteiger partial charge in [-0.1, -0.05) is 29.5 Å². The van der Waals surface area contributed by atoms with Gasteiger partial charge in [-0.3, -0.25) is 10.1 Å². The third kappa shape index (κ3) is 2.17. The van der Waals surface area contributed by atoms with Gasteiger partial charge in [0.2, 0.25) is 5.13 Å². The number of fused-ring (bicyclic) bond motifs is 1. The molecule has 2 heterocycles. The van der Waals surface area contributed by atoms with Gasteiger partial charge in [-0.15, -0.1) is 5.10 Å². The van der Waals surface area contributed by atoms with E-state index >= 15 is 0 Å². The molecule has 3 rings (SSSR count). The van der Waals surface area contributed by atoms with Gasteiger partial charge in [0.05, 0.1) is 17.4 Å². The summed E-state index contributed by atoms with van der Waals surface area (Å²) in [4.78, 5) is 4.36. The van der Waals surface area contributed by atoms with Crippen molar-refractivity contribution in [2.45, 2.75) is 0 Å². The zero-order valence-electron chi connectivity index (χ0n) is 8.68. The van der Waals surface area contributed by atoms with Crippen LogP contribution in [0, 0.1) is 3.95 Å². The number of hydrogen-bond donors (Lipinski definition) is 2. The summed E-state index contributed by atoms with van der Waals surface area (Å²) in [5, 5.41) is 11.8. The summed E-state index contributed by atoms with van der Waals surface area (Å²) in [5.41, 5.74) is 1.88. The van der Waals surface area contributed by atoms with Crippen LogP contribution in [0.3, 0.4) is 0 Å². The summed E-state index contributed by atoms with van der Waals surface area (Å²) < 4.78 is 0.654. The molecule has 0 aliphatic heterocycles. The lowest BCUT2D eigenvalue weighted by Crippen LogP contribution is -1.90. The van der Waals surface area contributed by atoms with Crippen LogP contribution in [0.15, 0.2) is 36.5 Å². The van der Waals surface area contributed by atoms with Crippen molar-refractivity contribution in [3.05, 3.63) is 40.5 Å². The highest BCUT2D eigenvalue weighted by Crippen LogP contribution is 2.21. The van der Waals surface area contributed by atoms with E-state index in [1.165, 1.54) is 11.3 Å². The molecule has 0 bridgehead atoms. The number of nitrogens with one attached hydrogen (secondary N) is 2. The van der Waals surface area contributed by atoms with E-state index in [1.54, 1.807) is 6.20 Å². The van der Waals surface area contributed by atoms with Gasteiger partial charge in [0.15, 0.2) is 3.95 Å². The zero-order chi connectivity index (χ0) is 11.7. The van der Waals surface area contributed by atoms with Crippen LogP contribution in [0.5, 0.6) is 0 Å². The van der Waals surface area contributed by atoms with Gasteiger partial charge in [-0.05, 0) is 24.4 Å². The molecule has 84 valence electrons. The van der Waals surface area contributed by atoms with E-state index in [4.69, 9.17) is 12.2 Å². The average Bonchev–Trinajstić information content (AvgIpc) is 2.75. The van der Waals surface area contributed by atoms with E-state index < -0.39 is 0 Å². The first-order valence-corrected chi connectivity index (χ1v) is 6.21. The van der Waals surface area contributed by atoms with Crippen molar-refractivity contribution in [1.82, 2.24) is 15.2 Å². The van der Waals surface area contributed by atoms with Crippen molar-refractivity contribution in [3.8, 4) is 0 Å². The van der Waals surface area contributed by atoms with Crippen molar-refractivity contribution in [1.29, 1.82) is 0 Å². The number of aromatic amines is 1. The fraction of sp³-hybridized carbons (Fsp3) is 0. The van der Waals surface area contributed by atoms with Crippen molar-refractivity contribution < 1.29 is 0 Å². The Kier molecular flexibility index (Phi) is 2.58. The minimum atomic E-state index is 0.654. The van der Waals surface area contributed by atoms with Crippen LogP contribution in [-0.4, -0.2) is 15.2 Å². The topological polar surface area (TPSA) is 53.6 Å². The van der Waals surface area contributed by atoms with Crippen molar-refractivity contribution in [2.75, 3.05) is 5.32 Å². The van der Waals surface area contributed by atoms with Gasteiger partial charge < -0.3 is 5.32 Å². The van der Waals surface area contributed by atoms with E-state index in [2.05, 4.69) is 20.5 Å². The summed E-state index contributed by atoms with van der Waals surface area (Å²) in [6.07, 6.45) is 1.78. The number of aromatic nitrogens is 3. The van der Waals surface area contributed by atoms with E-state index in [9.17, 15) is 0 Å². The normalized spacial score (nSPS) is 10.6. The van der Waals surface area contributed by atoms with E-state index in [0.29, 0.717) is 3.95 Å². The number of anilines is 2. The summed E-state index contributed by atoms with van der Waals surface area (Å²) >= 11 is 6.37. The fourth-order valence-corrected chi connectivity index (χ4v) is 2.36. The molecule has 0 aliphatic carbocycles. The largest absolute Gasteiger partial charge is 0.329 e. The van der Waals surface area contributed by atoms with E-state index in [-0.39, 0.29) is 0 Å². The Labute approximate surface area is 106 Å². The van der Waals surface area contributed by atoms with Crippen molar-refractivity contribution >= 4 is 45.3 Å². The predicted molar refractivity (Wildman–Crippen MR) is 72.3 cm³/mol. The molecule has 4 nitrogen and oxygen atoms in total. The molecule has 2 aromatic heterocycles. The first-order chi connectivity index (χ1) is 8.31. The van der Waals surface area contributed by atoms with Crippen molar-refractivity contribution in [2.24, 2.45) is 0 Å². The van der Waals surface area contributed by atoms with Crippen LogP contribution in [-0.2, 0) is 0 Å². The first-order valence-electron chi connectivity index (χ1n) is 4.98. The highest BCUT2D eigenvalue weighted by atomic mass is 32.1. The zero-order valence-corrected chi connectivity index (χ0v) is 10.3. The van der Waals surface area contributed by atoms with Crippen LogP contribution < -0.4 is 5.32 Å². The lowest BCUT2D eigenvalue weighted by atomic mass is 10.2. The molecule has 3 aromatic rings. The van der Waals surface area contributed by atoms with Crippen LogP contribution >= 0.6 is 23.6 Å². The molecule has 17 heavy (non-hydrogen) atoms. The number of hydrogen-bond acceptors (Lipinski definition) is 5. The smallest absolute Gasteiger partial charge is 0.208 e. The molecule has 6 heteroatoms. The quantitative estimate of drug-likeness (QED) is 0.692. The summed E-state index contributed by atoms with van der Waals surface area (Å²) in [7, 11) is 0. The van der Waals surface area contributed by atoms with Gasteiger partial charge in [-0.2, -0.15) is 0 Å². The highest BCUT2D eigenvalue weighted by molar-refractivity contribution is 7.73. The van der Waals surface area contributed by atoms with Gasteiger partial charge in [0.25, 0.3) is 0 Å². The Morgan fingerprint density at radius 2 is 2.18 bits per heavy atom. The second kappa shape index (κ2) is 4.23. The van der Waals surface area contributed by atoms with Crippen LogP contribution in [0.2, 0.25) is 0 Å². The van der Waals surface area contributed by atoms with Gasteiger partial charge >= 0.3 is 0 Å². The fourth-order valence-electron chi connectivity index (χ4n) is 1.55. The number of benzene rings is 1. The summed E-state index contributed by atoms with van der Waals surface area (Å²) in [6, 6.07) is 10.0. The Morgan fingerprint density at radius 3 is 3.00 bits per heavy atom. The average molecular weight is 260 g/mol. The molecular weight excluding hydrogens is 252 g/mol. The van der Waals surface area contributed by atoms with E-state index in [1.807, 2.05) is 30.3 Å². The second-order valence-electron chi connectivity index (χ2n) is 3.46. The third-order valence-corrected chi connectivity index (χ3v) is 3.28. The first kappa shape index (κ1) is 10.4. The van der Waals surface area contributed by atoms with Crippen molar-refractivity contribution in [3.63, 3.8) is 0 Å². The number of H-pyrrole nitrogens is 1. The maximum atomic E-state index is 4.97. The highest BCUT2D eigenvalue weighted by Gasteiger charge is 2.00. The molecule has 2 N–H and O–H groups in total. The monoisotopic (exact) mass is 260 g/mol. The Balaban J connectivity index is 1.98. The molecule has 0 saturated carbocycles. The van der Waals surface area contributed by atoms with Gasteiger partial charge in [0, 0.05) is 5.39 Å². The molecule has 0 unspecified atom stereocenters. The number of para-hydroxylation sites is 1. The molecular formula is C11H8N4S2. The SMILES string of the molecule is S=c1[nH]nc(Nc2cnc3ccccc3c2)s1. The Hall–Kier alpha value is -1.79. The maximum Gasteiger partial charge on any atom is 0.208 e. The summed E-state index contributed by atoms with van der Waals surface area (Å²) in [6.45, 7) is 0. The van der Waals surface area contributed by atoms with Crippen LogP contribution in [0.25, 0.3) is 10.9 Å². The number of pyridine rings is 1. The van der Waals surface area contributed by atoms with Gasteiger partial charge in [-0.25, -0.2) is 0 Å². The number of nitrogens with zero attached hydrogens (tertiary/aromatic N) is 2. The third-order valence-electron chi connectivity index (χ3n) is 2.28. The molecule has 0 atom stereocenters. The lowest BCUT2D eigenvalue weighted by molar-refractivity contribution is 1.08. The number of rotatable bonds is 2. The minimum absolute atomic E-state index is 0.654. The van der Waals surface area contributed by atoms with Gasteiger partial charge in [0.1, 0.15) is 0 Å². The molecule has 0 amide bonds. The maximum absolute atomic E-state index is 4.97. The summed E-state index contributed by atoms with van der Waals surface area (Å²) in [5.74, 6) is 0. The second-order valence-corrected chi connectivity index (χ2v) is 5.13. The standard InChI is InChI=1S/C11H8N4S2/c16-11-15-14-10(17-11)13-8-5-7-3-1-2-4-9(7)12-6-8/h1-6H,(H,13,14)(H,15,16). The Morgan fingerprint density at radius 1 is 1.29 bits per heavy atom. The predicted octanol–water partition coefficient (Wildman–Crippen LogP) is 3.49. The molecule has 0 spiro atoms. The molecule has 0 radical (unpaired) electrons. The van der Waals surface area contributed by atoms with Crippen LogP contribution in [0.4, 0.5) is 10.8 Å². The van der Waals surface area contributed by atoms with E-state index in [0.717, 1.165) is 21.7 Å². The molecule has 0 saturated heterocycles. The Bertz CT molecular complexity index is 716. The lowest BCUT2D eigenvalue weighted by Gasteiger charge is -2.02. The molecule has 1 aromatic carbocycles. The van der Waals surface area contributed by atoms with Crippen LogP contribution in [0.1, 0.15) is 0 Å². The molecule has 0 fully saturated rings. The molecule has 0 aliphatic rings. The minimum Gasteiger partial charge on any atom is -0.329 e.